The first-order valence-corrected chi connectivity index (χ1v) is 8.26. The summed E-state index contributed by atoms with van der Waals surface area (Å²) in [5.41, 5.74) is -2.47. The van der Waals surface area contributed by atoms with Gasteiger partial charge in [0.05, 0.1) is 18.7 Å². The van der Waals surface area contributed by atoms with Gasteiger partial charge in [0.15, 0.2) is 6.23 Å². The molecule has 1 amide bonds. The molecule has 1 saturated heterocycles. The Morgan fingerprint density at radius 3 is 2.32 bits per heavy atom. The first-order valence-electron chi connectivity index (χ1n) is 8.26. The fourth-order valence-corrected chi connectivity index (χ4v) is 2.48. The van der Waals surface area contributed by atoms with Crippen LogP contribution in [0.2, 0.25) is 0 Å². The van der Waals surface area contributed by atoms with Gasteiger partial charge in [0.1, 0.15) is 18.3 Å². The number of ether oxygens (including phenoxy) is 1. The van der Waals surface area contributed by atoms with Crippen LogP contribution in [0.3, 0.4) is 0 Å². The van der Waals surface area contributed by atoms with Gasteiger partial charge in [-0.05, 0) is 0 Å². The molecule has 0 aromatic carbocycles. The van der Waals surface area contributed by atoms with Crippen molar-refractivity contribution in [2.24, 2.45) is 0 Å². The van der Waals surface area contributed by atoms with Gasteiger partial charge < -0.3 is 25.0 Å². The number of alkyl halides is 3. The summed E-state index contributed by atoms with van der Waals surface area (Å²) in [5, 5.41) is 28.7. The van der Waals surface area contributed by atoms with Crippen molar-refractivity contribution in [3.05, 3.63) is 32.6 Å². The topological polar surface area (TPSA) is 145 Å². The molecule has 1 aliphatic rings. The van der Waals surface area contributed by atoms with Gasteiger partial charge >= 0.3 is 17.8 Å². The highest BCUT2D eigenvalue weighted by atomic mass is 19.4. The summed E-state index contributed by atoms with van der Waals surface area (Å²) in [7, 11) is 0.817. The summed E-state index contributed by atoms with van der Waals surface area (Å²) in [5.74, 6) is -2.19. The van der Waals surface area contributed by atoms with Gasteiger partial charge in [-0.2, -0.15) is 13.2 Å². The maximum absolute atomic E-state index is 12.4. The van der Waals surface area contributed by atoms with Crippen molar-refractivity contribution in [1.29, 1.82) is 0 Å². The highest BCUT2D eigenvalue weighted by Gasteiger charge is 2.44. The van der Waals surface area contributed by atoms with Crippen LogP contribution in [0.5, 0.6) is 0 Å². The molecule has 1 fully saturated rings. The number of carbonyl (C=O) groups is 1. The van der Waals surface area contributed by atoms with Crippen molar-refractivity contribution >= 4 is 5.91 Å². The molecule has 4 unspecified atom stereocenters. The summed E-state index contributed by atoms with van der Waals surface area (Å²) in [4.78, 5) is 36.9. The Labute approximate surface area is 156 Å². The normalized spacial score (nSPS) is 24.5. The van der Waals surface area contributed by atoms with Gasteiger partial charge in [0.25, 0.3) is 5.56 Å². The second kappa shape index (κ2) is 9.32. The number of H-pyrrole nitrogens is 1. The summed E-state index contributed by atoms with van der Waals surface area (Å²) in [6, 6.07) is 0. The number of hydrogen-bond donors (Lipinski definition) is 4. The lowest BCUT2D eigenvalue weighted by atomic mass is 10.1. The van der Waals surface area contributed by atoms with E-state index in [1.807, 2.05) is 18.8 Å². The third kappa shape index (κ3) is 4.98. The lowest BCUT2D eigenvalue weighted by Crippen LogP contribution is -2.42. The maximum atomic E-state index is 12.4. The molecule has 13 heteroatoms. The molecule has 0 spiro atoms. The lowest BCUT2D eigenvalue weighted by Gasteiger charge is -2.21. The third-order valence-corrected chi connectivity index (χ3v) is 3.83. The Bertz CT molecular complexity index is 792. The molecule has 4 N–H and O–H groups in total. The van der Waals surface area contributed by atoms with Crippen LogP contribution in [0.25, 0.3) is 0 Å². The fraction of sp³-hybridized carbons (Fsp3) is 0.667. The first kappa shape index (κ1) is 23.8. The second-order valence-electron chi connectivity index (χ2n) is 5.71. The first-order chi connectivity index (χ1) is 13.0. The van der Waals surface area contributed by atoms with Crippen LogP contribution in [0.1, 0.15) is 25.6 Å². The quantitative estimate of drug-likeness (QED) is 0.480. The van der Waals surface area contributed by atoms with E-state index in [4.69, 9.17) is 9.84 Å². The molecule has 0 radical (unpaired) electrons. The minimum absolute atomic E-state index is 0.233. The average Bonchev–Trinajstić information content (AvgIpc) is 2.92. The number of nitrogens with one attached hydrogen (secondary N) is 1. The van der Waals surface area contributed by atoms with Crippen molar-refractivity contribution in [2.45, 2.75) is 51.1 Å². The van der Waals surface area contributed by atoms with Gasteiger partial charge in [0, 0.05) is 13.2 Å². The van der Waals surface area contributed by atoms with E-state index in [0.29, 0.717) is 4.57 Å². The van der Waals surface area contributed by atoms with Crippen LogP contribution in [0.4, 0.5) is 13.2 Å². The molecule has 1 aromatic rings. The Hall–Kier alpha value is -2.22. The predicted molar refractivity (Wildman–Crippen MR) is 88.2 cm³/mol. The zero-order valence-corrected chi connectivity index (χ0v) is 15.3. The van der Waals surface area contributed by atoms with E-state index in [1.165, 1.54) is 0 Å². The minimum atomic E-state index is -5.14. The molecule has 0 bridgehead atoms. The summed E-state index contributed by atoms with van der Waals surface area (Å²) in [6.07, 6.45) is -10.2. The number of aliphatic hydroxyl groups is 3. The largest absolute Gasteiger partial charge is 0.471 e. The van der Waals surface area contributed by atoms with Crippen molar-refractivity contribution in [3.63, 3.8) is 0 Å². The molecule has 4 atom stereocenters. The summed E-state index contributed by atoms with van der Waals surface area (Å²) >= 11 is 0. The van der Waals surface area contributed by atoms with Gasteiger partial charge in [-0.3, -0.25) is 19.1 Å². The molecule has 2 rings (SSSR count). The number of aromatic amines is 1. The van der Waals surface area contributed by atoms with E-state index in [1.54, 1.807) is 0 Å². The zero-order valence-electron chi connectivity index (χ0n) is 15.3. The highest BCUT2D eigenvalue weighted by molar-refractivity contribution is 5.81. The monoisotopic (exact) mass is 413 g/mol. The lowest BCUT2D eigenvalue weighted by molar-refractivity contribution is -0.184. The number of halogens is 3. The Morgan fingerprint density at radius 2 is 1.86 bits per heavy atom. The SMILES string of the molecule is CC.CN(Cc1cn(C2OC(CO)C(O)C2O)c(=O)[nH]c1=O)C(=O)C(F)(F)F. The molecule has 0 saturated carbocycles. The average molecular weight is 413 g/mol. The Balaban J connectivity index is 0.00000190. The van der Waals surface area contributed by atoms with E-state index >= 15 is 0 Å². The molecule has 2 heterocycles. The van der Waals surface area contributed by atoms with Gasteiger partial charge in [0.2, 0.25) is 0 Å². The van der Waals surface area contributed by atoms with Crippen LogP contribution in [0, 0.1) is 0 Å². The van der Waals surface area contributed by atoms with Crippen molar-refractivity contribution in [1.82, 2.24) is 14.5 Å². The van der Waals surface area contributed by atoms with Crippen molar-refractivity contribution < 1.29 is 38.0 Å². The summed E-state index contributed by atoms with van der Waals surface area (Å²) in [6.45, 7) is 2.56. The molecule has 10 nitrogen and oxygen atoms in total. The molecule has 1 aliphatic heterocycles. The number of aliphatic hydroxyl groups excluding tert-OH is 3. The number of rotatable bonds is 4. The van der Waals surface area contributed by atoms with Gasteiger partial charge in [-0.25, -0.2) is 4.79 Å². The molecule has 1 aromatic heterocycles. The number of hydrogen-bond acceptors (Lipinski definition) is 7. The van der Waals surface area contributed by atoms with Crippen molar-refractivity contribution in [2.75, 3.05) is 13.7 Å². The second-order valence-corrected chi connectivity index (χ2v) is 5.71. The van der Waals surface area contributed by atoms with Crippen LogP contribution >= 0.6 is 0 Å². The number of nitrogens with zero attached hydrogens (tertiary/aromatic N) is 2. The van der Waals surface area contributed by atoms with Crippen LogP contribution in [0.15, 0.2) is 15.8 Å². The van der Waals surface area contributed by atoms with Crippen molar-refractivity contribution in [3.8, 4) is 0 Å². The van der Waals surface area contributed by atoms with Gasteiger partial charge in [-0.15, -0.1) is 0 Å². The number of aromatic nitrogens is 2. The zero-order chi connectivity index (χ0) is 21.8. The van der Waals surface area contributed by atoms with E-state index in [2.05, 4.69) is 0 Å². The van der Waals surface area contributed by atoms with Crippen LogP contribution < -0.4 is 11.2 Å². The third-order valence-electron chi connectivity index (χ3n) is 3.83. The van der Waals surface area contributed by atoms with E-state index in [0.717, 1.165) is 13.2 Å². The standard InChI is InChI=1S/C13H16F3N3O7.C2H6/c1-18(11(24)13(14,15)16)2-5-3-19(12(25)17-9(5)23)10-8(22)7(21)6(4-20)26-10;1-2/h3,6-8,10,20-22H,2,4H2,1H3,(H,17,23,25);1-2H3. The number of amides is 1. The van der Waals surface area contributed by atoms with Gasteiger partial charge in [-0.1, -0.05) is 13.8 Å². The minimum Gasteiger partial charge on any atom is -0.394 e. The Kier molecular flexibility index (Phi) is 7.93. The van der Waals surface area contributed by atoms with E-state index < -0.39 is 61.0 Å². The predicted octanol–water partition coefficient (Wildman–Crippen LogP) is -1.30. The molecule has 160 valence electrons. The molecular formula is C15H22F3N3O7. The van der Waals surface area contributed by atoms with E-state index in [9.17, 15) is 37.8 Å². The maximum Gasteiger partial charge on any atom is 0.471 e. The molecular weight excluding hydrogens is 391 g/mol. The highest BCUT2D eigenvalue weighted by Crippen LogP contribution is 2.28. The Morgan fingerprint density at radius 1 is 1.29 bits per heavy atom. The smallest absolute Gasteiger partial charge is 0.394 e. The van der Waals surface area contributed by atoms with Crippen LogP contribution in [-0.2, 0) is 16.1 Å². The molecule has 28 heavy (non-hydrogen) atoms. The van der Waals surface area contributed by atoms with E-state index in [-0.39, 0.29) is 10.5 Å². The number of carbonyl (C=O) groups excluding carboxylic acids is 1. The van der Waals surface area contributed by atoms with Crippen LogP contribution in [-0.4, -0.2) is 73.8 Å². The fourth-order valence-electron chi connectivity index (χ4n) is 2.48. The summed E-state index contributed by atoms with van der Waals surface area (Å²) < 4.78 is 43.1. The molecule has 0 aliphatic carbocycles.